The fraction of sp³-hybridized carbons (Fsp3) is 0.812. The normalized spacial score (nSPS) is 17.2. The summed E-state index contributed by atoms with van der Waals surface area (Å²) in [5.41, 5.74) is -0.544. The van der Waals surface area contributed by atoms with Crippen LogP contribution < -0.4 is 5.32 Å². The zero-order chi connectivity index (χ0) is 18.3. The summed E-state index contributed by atoms with van der Waals surface area (Å²) >= 11 is 1.55. The molecule has 1 saturated heterocycles. The van der Waals surface area contributed by atoms with Gasteiger partial charge in [-0.3, -0.25) is 4.79 Å². The number of carboxylic acids is 1. The van der Waals surface area contributed by atoms with Crippen molar-refractivity contribution < 1.29 is 24.2 Å². The van der Waals surface area contributed by atoms with Crippen molar-refractivity contribution in [1.82, 2.24) is 10.2 Å². The zero-order valence-electron chi connectivity index (χ0n) is 14.8. The number of ether oxygens (including phenoxy) is 1. The molecule has 0 aliphatic carbocycles. The Hall–Kier alpha value is -1.44. The predicted molar refractivity (Wildman–Crippen MR) is 93.1 cm³/mol. The van der Waals surface area contributed by atoms with Gasteiger partial charge in [-0.1, -0.05) is 0 Å². The zero-order valence-corrected chi connectivity index (χ0v) is 15.6. The molecule has 1 fully saturated rings. The number of piperidine rings is 1. The lowest BCUT2D eigenvalue weighted by Gasteiger charge is -2.33. The first-order chi connectivity index (χ1) is 11.1. The van der Waals surface area contributed by atoms with Crippen LogP contribution in [-0.2, 0) is 14.3 Å². The molecule has 2 N–H and O–H groups in total. The first-order valence-corrected chi connectivity index (χ1v) is 9.53. The van der Waals surface area contributed by atoms with Crippen molar-refractivity contribution in [3.8, 4) is 0 Å². The molecule has 0 aromatic carbocycles. The molecule has 1 unspecified atom stereocenters. The van der Waals surface area contributed by atoms with Crippen molar-refractivity contribution in [2.75, 3.05) is 25.1 Å². The molecule has 1 aliphatic heterocycles. The van der Waals surface area contributed by atoms with Gasteiger partial charge in [-0.15, -0.1) is 0 Å². The lowest BCUT2D eigenvalue weighted by molar-refractivity contribution is -0.142. The third kappa shape index (κ3) is 6.98. The molecule has 138 valence electrons. The van der Waals surface area contributed by atoms with Crippen LogP contribution in [0.1, 0.15) is 40.0 Å². The number of thioether (sulfide) groups is 1. The molecule has 7 nitrogen and oxygen atoms in total. The van der Waals surface area contributed by atoms with Gasteiger partial charge in [0.25, 0.3) is 0 Å². The van der Waals surface area contributed by atoms with Gasteiger partial charge in [-0.2, -0.15) is 11.8 Å². The minimum atomic E-state index is -1.01. The molecule has 2 amide bonds. The fourth-order valence-electron chi connectivity index (χ4n) is 2.43. The predicted octanol–water partition coefficient (Wildman–Crippen LogP) is 1.96. The van der Waals surface area contributed by atoms with Crippen LogP contribution in [0.15, 0.2) is 0 Å². The molecule has 0 radical (unpaired) electrons. The molecular formula is C16H28N2O5S. The van der Waals surface area contributed by atoms with Crippen molar-refractivity contribution >= 4 is 29.7 Å². The maximum atomic E-state index is 12.3. The average molecular weight is 360 g/mol. The summed E-state index contributed by atoms with van der Waals surface area (Å²) < 4.78 is 5.32. The molecule has 8 heteroatoms. The third-order valence-corrected chi connectivity index (χ3v) is 4.39. The Labute approximate surface area is 147 Å². The van der Waals surface area contributed by atoms with E-state index in [9.17, 15) is 19.5 Å². The highest BCUT2D eigenvalue weighted by Gasteiger charge is 2.31. The van der Waals surface area contributed by atoms with E-state index < -0.39 is 17.6 Å². The Balaban J connectivity index is 2.47. The van der Waals surface area contributed by atoms with Crippen LogP contribution in [0.2, 0.25) is 0 Å². The first kappa shape index (κ1) is 20.6. The second-order valence-corrected chi connectivity index (χ2v) is 7.91. The quantitative estimate of drug-likeness (QED) is 0.752. The lowest BCUT2D eigenvalue weighted by atomic mass is 9.95. The van der Waals surface area contributed by atoms with E-state index in [0.29, 0.717) is 38.1 Å². The number of nitrogens with zero attached hydrogens (tertiary/aromatic N) is 1. The molecule has 0 bridgehead atoms. The van der Waals surface area contributed by atoms with Crippen molar-refractivity contribution in [2.24, 2.45) is 5.92 Å². The minimum absolute atomic E-state index is 0.243. The van der Waals surface area contributed by atoms with Gasteiger partial charge < -0.3 is 20.1 Å². The van der Waals surface area contributed by atoms with Gasteiger partial charge in [-0.05, 0) is 52.0 Å². The summed E-state index contributed by atoms with van der Waals surface area (Å²) in [5.74, 6) is -0.843. The van der Waals surface area contributed by atoms with Gasteiger partial charge in [0.1, 0.15) is 11.6 Å². The molecule has 0 aromatic heterocycles. The summed E-state index contributed by atoms with van der Waals surface area (Å²) in [6.07, 6.45) is 2.95. The SMILES string of the molecule is CSCCC(NC(=O)C1CCN(C(=O)OC(C)(C)C)CC1)C(=O)O. The van der Waals surface area contributed by atoms with Crippen LogP contribution in [0, 0.1) is 5.92 Å². The summed E-state index contributed by atoms with van der Waals surface area (Å²) in [6, 6.07) is -0.853. The van der Waals surface area contributed by atoms with Crippen LogP contribution in [0.25, 0.3) is 0 Å². The van der Waals surface area contributed by atoms with Gasteiger partial charge in [0, 0.05) is 19.0 Å². The Kier molecular flexibility index (Phi) is 7.86. The average Bonchev–Trinajstić information content (AvgIpc) is 2.49. The van der Waals surface area contributed by atoms with Gasteiger partial charge in [0.05, 0.1) is 0 Å². The highest BCUT2D eigenvalue weighted by Crippen LogP contribution is 2.20. The first-order valence-electron chi connectivity index (χ1n) is 8.14. The number of hydrogen-bond donors (Lipinski definition) is 2. The van der Waals surface area contributed by atoms with Gasteiger partial charge >= 0.3 is 12.1 Å². The number of likely N-dealkylation sites (tertiary alicyclic amines) is 1. The number of hydrogen-bond acceptors (Lipinski definition) is 5. The molecule has 1 rings (SSSR count). The highest BCUT2D eigenvalue weighted by molar-refractivity contribution is 7.98. The maximum Gasteiger partial charge on any atom is 0.410 e. The van der Waals surface area contributed by atoms with E-state index in [1.165, 1.54) is 0 Å². The van der Waals surface area contributed by atoms with E-state index in [2.05, 4.69) is 5.32 Å². The smallest absolute Gasteiger partial charge is 0.410 e. The van der Waals surface area contributed by atoms with Crippen LogP contribution in [0.3, 0.4) is 0 Å². The number of carbonyl (C=O) groups is 3. The Morgan fingerprint density at radius 1 is 1.29 bits per heavy atom. The molecule has 1 aliphatic rings. The van der Waals surface area contributed by atoms with E-state index in [-0.39, 0.29) is 17.9 Å². The van der Waals surface area contributed by atoms with E-state index in [0.717, 1.165) is 0 Å². The van der Waals surface area contributed by atoms with Crippen molar-refractivity contribution in [3.63, 3.8) is 0 Å². The van der Waals surface area contributed by atoms with Gasteiger partial charge in [0.2, 0.25) is 5.91 Å². The van der Waals surface area contributed by atoms with E-state index in [1.807, 2.05) is 27.0 Å². The van der Waals surface area contributed by atoms with Crippen molar-refractivity contribution in [2.45, 2.75) is 51.7 Å². The second kappa shape index (κ2) is 9.15. The van der Waals surface area contributed by atoms with Crippen molar-refractivity contribution in [3.05, 3.63) is 0 Å². The molecule has 0 aromatic rings. The van der Waals surface area contributed by atoms with Crippen LogP contribution >= 0.6 is 11.8 Å². The number of amides is 2. The van der Waals surface area contributed by atoms with Crippen LogP contribution in [0.4, 0.5) is 4.79 Å². The second-order valence-electron chi connectivity index (χ2n) is 6.92. The van der Waals surface area contributed by atoms with Crippen LogP contribution in [0.5, 0.6) is 0 Å². The number of aliphatic carboxylic acids is 1. The van der Waals surface area contributed by atoms with E-state index in [1.54, 1.807) is 16.7 Å². The summed E-state index contributed by atoms with van der Waals surface area (Å²) in [4.78, 5) is 37.1. The highest BCUT2D eigenvalue weighted by atomic mass is 32.2. The third-order valence-electron chi connectivity index (χ3n) is 3.74. The van der Waals surface area contributed by atoms with Crippen LogP contribution in [-0.4, -0.2) is 64.7 Å². The molecule has 1 atom stereocenters. The standard InChI is InChI=1S/C16H28N2O5S/c1-16(2,3)23-15(22)18-8-5-11(6-9-18)13(19)17-12(14(20)21)7-10-24-4/h11-12H,5-10H2,1-4H3,(H,17,19)(H,20,21). The number of rotatable bonds is 6. The van der Waals surface area contributed by atoms with E-state index in [4.69, 9.17) is 4.74 Å². The molecule has 0 saturated carbocycles. The topological polar surface area (TPSA) is 95.9 Å². The summed E-state index contributed by atoms with van der Waals surface area (Å²) in [5, 5.41) is 11.8. The van der Waals surface area contributed by atoms with Crippen molar-refractivity contribution in [1.29, 1.82) is 0 Å². The van der Waals surface area contributed by atoms with Gasteiger partial charge in [-0.25, -0.2) is 9.59 Å². The molecular weight excluding hydrogens is 332 g/mol. The molecule has 0 spiro atoms. The summed E-state index contributed by atoms with van der Waals surface area (Å²) in [6.45, 7) is 6.31. The molecule has 1 heterocycles. The summed E-state index contributed by atoms with van der Waals surface area (Å²) in [7, 11) is 0. The Morgan fingerprint density at radius 3 is 2.33 bits per heavy atom. The molecule has 24 heavy (non-hydrogen) atoms. The van der Waals surface area contributed by atoms with Gasteiger partial charge in [0.15, 0.2) is 0 Å². The van der Waals surface area contributed by atoms with E-state index >= 15 is 0 Å². The minimum Gasteiger partial charge on any atom is -0.480 e. The lowest BCUT2D eigenvalue weighted by Crippen LogP contribution is -2.48. The number of carbonyl (C=O) groups excluding carboxylic acids is 2. The monoisotopic (exact) mass is 360 g/mol. The fourth-order valence-corrected chi connectivity index (χ4v) is 2.90. The Morgan fingerprint density at radius 2 is 1.88 bits per heavy atom. The number of carboxylic acid groups (broad SMARTS) is 1. The Bertz CT molecular complexity index is 456. The maximum absolute atomic E-state index is 12.3. The largest absolute Gasteiger partial charge is 0.480 e. The number of nitrogens with one attached hydrogen (secondary N) is 1.